The molecule has 0 spiro atoms. The molecule has 174 valence electrons. The monoisotopic (exact) mass is 475 g/mol. The summed E-state index contributed by atoms with van der Waals surface area (Å²) < 4.78 is 5.25. The van der Waals surface area contributed by atoms with Gasteiger partial charge in [-0.3, -0.25) is 14.9 Å². The molecule has 0 unspecified atom stereocenters. The van der Waals surface area contributed by atoms with Gasteiger partial charge in [0.15, 0.2) is 0 Å². The van der Waals surface area contributed by atoms with Crippen molar-refractivity contribution in [3.63, 3.8) is 0 Å². The van der Waals surface area contributed by atoms with Crippen LogP contribution < -0.4 is 15.5 Å². The number of furan rings is 1. The van der Waals surface area contributed by atoms with Crippen molar-refractivity contribution in [2.45, 2.75) is 19.4 Å². The summed E-state index contributed by atoms with van der Waals surface area (Å²) >= 11 is 0.892. The third-order valence-corrected chi connectivity index (χ3v) is 6.89. The maximum absolute atomic E-state index is 11.8. The fourth-order valence-electron chi connectivity index (χ4n) is 4.27. The molecule has 34 heavy (non-hydrogen) atoms. The van der Waals surface area contributed by atoms with Crippen molar-refractivity contribution in [2.75, 3.05) is 24.5 Å². The van der Waals surface area contributed by atoms with E-state index in [-0.39, 0.29) is 11.1 Å². The number of imide groups is 1. The van der Waals surface area contributed by atoms with Gasteiger partial charge in [0, 0.05) is 31.4 Å². The van der Waals surface area contributed by atoms with Crippen molar-refractivity contribution < 1.29 is 14.0 Å². The average molecular weight is 476 g/mol. The Bertz CT molecular complexity index is 1200. The number of aromatic nitrogens is 2. The molecule has 2 aliphatic rings. The molecule has 0 aliphatic carbocycles. The molecule has 2 aromatic heterocycles. The lowest BCUT2D eigenvalue weighted by Gasteiger charge is -2.32. The van der Waals surface area contributed by atoms with Gasteiger partial charge in [-0.05, 0) is 66.4 Å². The zero-order chi connectivity index (χ0) is 23.3. The summed E-state index contributed by atoms with van der Waals surface area (Å²) in [7, 11) is 0. The van der Waals surface area contributed by atoms with Gasteiger partial charge in [0.25, 0.3) is 11.1 Å². The minimum atomic E-state index is -0.379. The highest BCUT2D eigenvalue weighted by atomic mass is 32.2. The van der Waals surface area contributed by atoms with Gasteiger partial charge in [0.05, 0.1) is 23.1 Å². The van der Waals surface area contributed by atoms with Crippen LogP contribution >= 0.6 is 11.8 Å². The van der Waals surface area contributed by atoms with Crippen LogP contribution in [-0.4, -0.2) is 40.7 Å². The zero-order valence-corrected chi connectivity index (χ0v) is 19.4. The number of carbonyl (C=O) groups is 2. The van der Waals surface area contributed by atoms with Gasteiger partial charge < -0.3 is 14.6 Å². The third-order valence-electron chi connectivity index (χ3n) is 6.08. The van der Waals surface area contributed by atoms with Crippen molar-refractivity contribution in [1.29, 1.82) is 0 Å². The summed E-state index contributed by atoms with van der Waals surface area (Å²) in [6.45, 7) is 3.54. The van der Waals surface area contributed by atoms with E-state index in [1.54, 1.807) is 30.9 Å². The molecule has 0 saturated carbocycles. The Morgan fingerprint density at radius 1 is 1.18 bits per heavy atom. The van der Waals surface area contributed by atoms with Crippen LogP contribution in [0.15, 0.2) is 64.4 Å². The van der Waals surface area contributed by atoms with E-state index in [9.17, 15) is 9.59 Å². The molecule has 2 amide bonds. The largest absolute Gasteiger partial charge is 0.472 e. The number of amides is 2. The van der Waals surface area contributed by atoms with E-state index in [2.05, 4.69) is 49.8 Å². The van der Waals surface area contributed by atoms with Crippen LogP contribution in [0.3, 0.4) is 0 Å². The lowest BCUT2D eigenvalue weighted by atomic mass is 9.96. The van der Waals surface area contributed by atoms with Crippen LogP contribution in [0.2, 0.25) is 0 Å². The first-order valence-electron chi connectivity index (χ1n) is 11.3. The second-order valence-corrected chi connectivity index (χ2v) is 9.38. The molecule has 0 atom stereocenters. The van der Waals surface area contributed by atoms with E-state index in [0.717, 1.165) is 56.3 Å². The van der Waals surface area contributed by atoms with E-state index < -0.39 is 0 Å². The SMILES string of the molecule is O=C1NC(=O)/C(=C\c2ccnc(N3CCC(CNCc4ccccc4-c4ccoc4)CC3)n2)S1. The van der Waals surface area contributed by atoms with Gasteiger partial charge in [0.1, 0.15) is 0 Å². The molecule has 0 radical (unpaired) electrons. The number of hydrogen-bond acceptors (Lipinski definition) is 8. The van der Waals surface area contributed by atoms with E-state index >= 15 is 0 Å². The van der Waals surface area contributed by atoms with Gasteiger partial charge in [-0.2, -0.15) is 0 Å². The number of benzene rings is 1. The molecule has 2 saturated heterocycles. The van der Waals surface area contributed by atoms with E-state index in [1.165, 1.54) is 11.1 Å². The van der Waals surface area contributed by atoms with Crippen LogP contribution in [0.5, 0.6) is 0 Å². The summed E-state index contributed by atoms with van der Waals surface area (Å²) in [4.78, 5) is 34.7. The summed E-state index contributed by atoms with van der Waals surface area (Å²) in [5, 5.41) is 5.53. The molecule has 2 aliphatic heterocycles. The fraction of sp³-hybridized carbons (Fsp3) is 0.280. The topological polar surface area (TPSA) is 100 Å². The standard InChI is InChI=1S/C25H25N5O3S/c31-23-22(34-25(32)29-23)13-20-5-9-27-24(28-20)30-10-6-17(7-11-30)14-26-15-18-3-1-2-4-21(18)19-8-12-33-16-19/h1-5,8-9,12-13,16-17,26H,6-7,10-11,14-15H2,(H,29,31,32)/b22-13+. The Morgan fingerprint density at radius 3 is 2.79 bits per heavy atom. The summed E-state index contributed by atoms with van der Waals surface area (Å²) in [5.41, 5.74) is 4.18. The molecule has 4 heterocycles. The van der Waals surface area contributed by atoms with Gasteiger partial charge >= 0.3 is 0 Å². The number of anilines is 1. The Labute approximate surface area is 201 Å². The smallest absolute Gasteiger partial charge is 0.290 e. The van der Waals surface area contributed by atoms with Crippen LogP contribution in [0, 0.1) is 5.92 Å². The summed E-state index contributed by atoms with van der Waals surface area (Å²) in [6, 6.07) is 12.1. The molecule has 8 nitrogen and oxygen atoms in total. The van der Waals surface area contributed by atoms with Gasteiger partial charge in [0.2, 0.25) is 5.95 Å². The van der Waals surface area contributed by atoms with Crippen LogP contribution in [0.4, 0.5) is 10.7 Å². The number of carbonyl (C=O) groups excluding carboxylic acids is 2. The Hall–Kier alpha value is -3.43. The van der Waals surface area contributed by atoms with Crippen molar-refractivity contribution >= 4 is 34.9 Å². The normalized spacial score (nSPS) is 18.0. The van der Waals surface area contributed by atoms with Gasteiger partial charge in [-0.15, -0.1) is 0 Å². The number of nitrogens with zero attached hydrogens (tertiary/aromatic N) is 3. The maximum atomic E-state index is 11.8. The first-order chi connectivity index (χ1) is 16.7. The maximum Gasteiger partial charge on any atom is 0.290 e. The number of piperidine rings is 1. The molecule has 0 bridgehead atoms. The van der Waals surface area contributed by atoms with Crippen molar-refractivity contribution in [1.82, 2.24) is 20.6 Å². The lowest BCUT2D eigenvalue weighted by Crippen LogP contribution is -2.38. The Morgan fingerprint density at radius 2 is 2.03 bits per heavy atom. The predicted molar refractivity (Wildman–Crippen MR) is 132 cm³/mol. The molecule has 2 N–H and O–H groups in total. The number of thioether (sulfide) groups is 1. The number of nitrogens with one attached hydrogen (secondary N) is 2. The minimum Gasteiger partial charge on any atom is -0.472 e. The van der Waals surface area contributed by atoms with Gasteiger partial charge in [-0.1, -0.05) is 24.3 Å². The average Bonchev–Trinajstić information content (AvgIpc) is 3.50. The first-order valence-corrected chi connectivity index (χ1v) is 12.1. The molecular formula is C25H25N5O3S. The van der Waals surface area contributed by atoms with Crippen LogP contribution in [0.1, 0.15) is 24.1 Å². The third kappa shape index (κ3) is 5.21. The first kappa shape index (κ1) is 22.4. The zero-order valence-electron chi connectivity index (χ0n) is 18.6. The van der Waals surface area contributed by atoms with E-state index in [4.69, 9.17) is 4.42 Å². The summed E-state index contributed by atoms with van der Waals surface area (Å²) in [5.74, 6) is 0.868. The van der Waals surface area contributed by atoms with Crippen molar-refractivity contribution in [3.8, 4) is 11.1 Å². The van der Waals surface area contributed by atoms with Crippen molar-refractivity contribution in [3.05, 3.63) is 71.3 Å². The minimum absolute atomic E-state index is 0.355. The van der Waals surface area contributed by atoms with Crippen molar-refractivity contribution in [2.24, 2.45) is 5.92 Å². The fourth-order valence-corrected chi connectivity index (χ4v) is 4.94. The number of hydrogen-bond donors (Lipinski definition) is 2. The highest BCUT2D eigenvalue weighted by molar-refractivity contribution is 8.18. The molecule has 5 rings (SSSR count). The van der Waals surface area contributed by atoms with Crippen LogP contribution in [0.25, 0.3) is 17.2 Å². The Balaban J connectivity index is 1.13. The summed E-state index contributed by atoms with van der Waals surface area (Å²) in [6.07, 6.45) is 8.92. The van der Waals surface area contributed by atoms with Crippen LogP contribution in [-0.2, 0) is 11.3 Å². The quantitative estimate of drug-likeness (QED) is 0.494. The molecule has 1 aromatic carbocycles. The number of rotatable bonds is 7. The highest BCUT2D eigenvalue weighted by Gasteiger charge is 2.25. The van der Waals surface area contributed by atoms with E-state index in [1.807, 2.05) is 6.07 Å². The second-order valence-electron chi connectivity index (χ2n) is 8.36. The molecule has 9 heteroatoms. The van der Waals surface area contributed by atoms with E-state index in [0.29, 0.717) is 22.5 Å². The molecular weight excluding hydrogens is 450 g/mol. The predicted octanol–water partition coefficient (Wildman–Crippen LogP) is 4.07. The van der Waals surface area contributed by atoms with Gasteiger partial charge in [-0.25, -0.2) is 9.97 Å². The second kappa shape index (κ2) is 10.2. The lowest BCUT2D eigenvalue weighted by molar-refractivity contribution is -0.115. The highest BCUT2D eigenvalue weighted by Crippen LogP contribution is 2.27. The molecule has 2 fully saturated rings. The molecule has 3 aromatic rings. The Kier molecular flexibility index (Phi) is 6.73.